The Morgan fingerprint density at radius 1 is 1.40 bits per heavy atom. The minimum absolute atomic E-state index is 0.0564. The van der Waals surface area contributed by atoms with E-state index in [1.165, 1.54) is 0 Å². The van der Waals surface area contributed by atoms with Crippen LogP contribution in [0.1, 0.15) is 24.4 Å². The summed E-state index contributed by atoms with van der Waals surface area (Å²) in [6.45, 7) is 2.65. The summed E-state index contributed by atoms with van der Waals surface area (Å²) >= 11 is 0. The monoisotopic (exact) mass is 204 g/mol. The van der Waals surface area contributed by atoms with E-state index in [1.54, 1.807) is 4.57 Å². The Morgan fingerprint density at radius 3 is 3.13 bits per heavy atom. The van der Waals surface area contributed by atoms with Gasteiger partial charge < -0.3 is 0 Å². The predicted octanol–water partition coefficient (Wildman–Crippen LogP) is 0.764. The highest BCUT2D eigenvalue weighted by Gasteiger charge is 2.17. The molecule has 0 aliphatic carbocycles. The molecule has 5 nitrogen and oxygen atoms in total. The number of aromatic nitrogens is 4. The van der Waals surface area contributed by atoms with Gasteiger partial charge in [0, 0.05) is 18.7 Å². The van der Waals surface area contributed by atoms with E-state index in [1.807, 2.05) is 6.92 Å². The predicted molar refractivity (Wildman–Crippen MR) is 55.8 cm³/mol. The average Bonchev–Trinajstić information content (AvgIpc) is 2.61. The maximum atomic E-state index is 12.1. The average molecular weight is 204 g/mol. The van der Waals surface area contributed by atoms with Crippen molar-refractivity contribution in [1.29, 1.82) is 0 Å². The number of rotatable bonds is 0. The van der Waals surface area contributed by atoms with Crippen molar-refractivity contribution in [3.05, 3.63) is 21.9 Å². The van der Waals surface area contributed by atoms with E-state index >= 15 is 0 Å². The van der Waals surface area contributed by atoms with Crippen molar-refractivity contribution < 1.29 is 0 Å². The number of aromatic amines is 1. The molecule has 1 aliphatic heterocycles. The second-order valence-corrected chi connectivity index (χ2v) is 3.99. The molecule has 78 valence electrons. The Kier molecular flexibility index (Phi) is 1.68. The Hall–Kier alpha value is -1.65. The molecule has 0 fully saturated rings. The first-order valence-electron chi connectivity index (χ1n) is 5.22. The van der Waals surface area contributed by atoms with Crippen LogP contribution >= 0.6 is 0 Å². The van der Waals surface area contributed by atoms with E-state index in [9.17, 15) is 4.79 Å². The van der Waals surface area contributed by atoms with E-state index in [4.69, 9.17) is 0 Å². The first kappa shape index (κ1) is 8.64. The SMILES string of the molecule is Cc1[nH]nc2nc3n(c(=O)c12)CCCC3. The second kappa shape index (κ2) is 2.92. The molecule has 1 aliphatic rings. The summed E-state index contributed by atoms with van der Waals surface area (Å²) in [5, 5.41) is 7.49. The minimum atomic E-state index is 0.0564. The largest absolute Gasteiger partial charge is 0.296 e. The van der Waals surface area contributed by atoms with Gasteiger partial charge in [-0.2, -0.15) is 5.10 Å². The zero-order valence-corrected chi connectivity index (χ0v) is 8.58. The van der Waals surface area contributed by atoms with Gasteiger partial charge in [-0.3, -0.25) is 14.5 Å². The third kappa shape index (κ3) is 1.12. The van der Waals surface area contributed by atoms with E-state index in [2.05, 4.69) is 15.2 Å². The Morgan fingerprint density at radius 2 is 2.27 bits per heavy atom. The Balaban J connectivity index is 2.44. The molecule has 15 heavy (non-hydrogen) atoms. The standard InChI is InChI=1S/C10H12N4O/c1-6-8-9(13-12-6)11-7-4-2-3-5-14(7)10(8)15/h2-5H2,1H3,(H,12,13). The lowest BCUT2D eigenvalue weighted by Crippen LogP contribution is -2.28. The summed E-state index contributed by atoms with van der Waals surface area (Å²) < 4.78 is 1.79. The fourth-order valence-electron chi connectivity index (χ4n) is 2.16. The van der Waals surface area contributed by atoms with Gasteiger partial charge in [0.25, 0.3) is 5.56 Å². The van der Waals surface area contributed by atoms with Crippen LogP contribution in [-0.2, 0) is 13.0 Å². The zero-order chi connectivity index (χ0) is 10.4. The second-order valence-electron chi connectivity index (χ2n) is 3.99. The van der Waals surface area contributed by atoms with E-state index < -0.39 is 0 Å². The topological polar surface area (TPSA) is 63.6 Å². The van der Waals surface area contributed by atoms with Crippen molar-refractivity contribution in [2.45, 2.75) is 32.7 Å². The number of nitrogens with one attached hydrogen (secondary N) is 1. The number of fused-ring (bicyclic) bond motifs is 2. The molecule has 2 aromatic heterocycles. The van der Waals surface area contributed by atoms with Crippen LogP contribution in [0.4, 0.5) is 0 Å². The highest BCUT2D eigenvalue weighted by molar-refractivity contribution is 5.76. The van der Waals surface area contributed by atoms with Crippen molar-refractivity contribution in [2.75, 3.05) is 0 Å². The van der Waals surface area contributed by atoms with Gasteiger partial charge in [0.1, 0.15) is 11.2 Å². The number of hydrogen-bond donors (Lipinski definition) is 1. The maximum absolute atomic E-state index is 12.1. The van der Waals surface area contributed by atoms with Crippen LogP contribution in [0.15, 0.2) is 4.79 Å². The molecule has 3 heterocycles. The van der Waals surface area contributed by atoms with Gasteiger partial charge in [-0.1, -0.05) is 0 Å². The molecule has 3 rings (SSSR count). The third-order valence-electron chi connectivity index (χ3n) is 2.97. The van der Waals surface area contributed by atoms with Crippen molar-refractivity contribution >= 4 is 11.0 Å². The summed E-state index contributed by atoms with van der Waals surface area (Å²) in [6.07, 6.45) is 3.06. The first-order valence-corrected chi connectivity index (χ1v) is 5.22. The third-order valence-corrected chi connectivity index (χ3v) is 2.97. The van der Waals surface area contributed by atoms with Gasteiger partial charge in [0.2, 0.25) is 0 Å². The fourth-order valence-corrected chi connectivity index (χ4v) is 2.16. The van der Waals surface area contributed by atoms with E-state index in [0.717, 1.165) is 37.3 Å². The molecule has 0 aromatic carbocycles. The molecule has 2 aromatic rings. The van der Waals surface area contributed by atoms with Crippen LogP contribution in [0.5, 0.6) is 0 Å². The van der Waals surface area contributed by atoms with Gasteiger partial charge in [-0.15, -0.1) is 0 Å². The van der Waals surface area contributed by atoms with E-state index in [-0.39, 0.29) is 5.56 Å². The fraction of sp³-hybridized carbons (Fsp3) is 0.500. The molecular formula is C10H12N4O. The van der Waals surface area contributed by atoms with Gasteiger partial charge in [-0.25, -0.2) is 4.98 Å². The van der Waals surface area contributed by atoms with E-state index in [0.29, 0.717) is 11.0 Å². The van der Waals surface area contributed by atoms with Crippen LogP contribution < -0.4 is 5.56 Å². The highest BCUT2D eigenvalue weighted by Crippen LogP contribution is 2.14. The van der Waals surface area contributed by atoms with Crippen LogP contribution in [0, 0.1) is 6.92 Å². The van der Waals surface area contributed by atoms with Crippen LogP contribution in [0.3, 0.4) is 0 Å². The Bertz CT molecular complexity index is 581. The Labute approximate surface area is 86.1 Å². The molecule has 0 saturated heterocycles. The molecule has 0 amide bonds. The normalized spacial score (nSPS) is 15.5. The van der Waals surface area contributed by atoms with Crippen LogP contribution in [0.2, 0.25) is 0 Å². The number of nitrogens with zero attached hydrogens (tertiary/aromatic N) is 3. The van der Waals surface area contributed by atoms with Gasteiger partial charge in [0.05, 0.1) is 0 Å². The molecule has 0 atom stereocenters. The quantitative estimate of drug-likeness (QED) is 0.689. The molecule has 0 bridgehead atoms. The smallest absolute Gasteiger partial charge is 0.264 e. The lowest BCUT2D eigenvalue weighted by molar-refractivity contribution is 0.500. The summed E-state index contributed by atoms with van der Waals surface area (Å²) in [6, 6.07) is 0. The summed E-state index contributed by atoms with van der Waals surface area (Å²) in [4.78, 5) is 16.5. The molecule has 5 heteroatoms. The van der Waals surface area contributed by atoms with Crippen LogP contribution in [-0.4, -0.2) is 19.7 Å². The molecule has 0 saturated carbocycles. The molecule has 0 spiro atoms. The van der Waals surface area contributed by atoms with Crippen molar-refractivity contribution in [1.82, 2.24) is 19.7 Å². The molecular weight excluding hydrogens is 192 g/mol. The number of H-pyrrole nitrogens is 1. The zero-order valence-electron chi connectivity index (χ0n) is 8.58. The number of aryl methyl sites for hydroxylation is 2. The molecule has 1 N–H and O–H groups in total. The summed E-state index contributed by atoms with van der Waals surface area (Å²) in [7, 11) is 0. The summed E-state index contributed by atoms with van der Waals surface area (Å²) in [5.74, 6) is 0.880. The lowest BCUT2D eigenvalue weighted by Gasteiger charge is -2.16. The van der Waals surface area contributed by atoms with Crippen molar-refractivity contribution in [3.8, 4) is 0 Å². The first-order chi connectivity index (χ1) is 7.27. The maximum Gasteiger partial charge on any atom is 0.264 e. The highest BCUT2D eigenvalue weighted by atomic mass is 16.1. The van der Waals surface area contributed by atoms with Gasteiger partial charge >= 0.3 is 0 Å². The minimum Gasteiger partial charge on any atom is -0.296 e. The van der Waals surface area contributed by atoms with Crippen LogP contribution in [0.25, 0.3) is 11.0 Å². The number of hydrogen-bond acceptors (Lipinski definition) is 3. The lowest BCUT2D eigenvalue weighted by atomic mass is 10.1. The van der Waals surface area contributed by atoms with Crippen molar-refractivity contribution in [3.63, 3.8) is 0 Å². The van der Waals surface area contributed by atoms with Gasteiger partial charge in [-0.05, 0) is 19.8 Å². The van der Waals surface area contributed by atoms with Gasteiger partial charge in [0.15, 0.2) is 5.65 Å². The molecule has 0 radical (unpaired) electrons. The molecule has 0 unspecified atom stereocenters. The van der Waals surface area contributed by atoms with Crippen molar-refractivity contribution in [2.24, 2.45) is 0 Å². The summed E-state index contributed by atoms with van der Waals surface area (Å²) in [5.41, 5.74) is 1.43.